The van der Waals surface area contributed by atoms with Crippen LogP contribution in [0.1, 0.15) is 42.7 Å². The van der Waals surface area contributed by atoms with Crippen molar-refractivity contribution in [2.75, 3.05) is 6.54 Å². The van der Waals surface area contributed by atoms with Gasteiger partial charge in [0.15, 0.2) is 0 Å². The Bertz CT molecular complexity index is 337. The van der Waals surface area contributed by atoms with Gasteiger partial charge in [-0.2, -0.15) is 0 Å². The van der Waals surface area contributed by atoms with Crippen LogP contribution >= 0.6 is 0 Å². The highest BCUT2D eigenvalue weighted by Crippen LogP contribution is 2.27. The van der Waals surface area contributed by atoms with Crippen LogP contribution in [0.3, 0.4) is 0 Å². The van der Waals surface area contributed by atoms with Crippen LogP contribution in [-0.4, -0.2) is 22.9 Å². The summed E-state index contributed by atoms with van der Waals surface area (Å²) < 4.78 is 5.10. The lowest BCUT2D eigenvalue weighted by Crippen LogP contribution is -2.31. The van der Waals surface area contributed by atoms with Gasteiger partial charge >= 0.3 is 0 Å². The molecule has 2 N–H and O–H groups in total. The number of nitrogens with zero attached hydrogens (tertiary/aromatic N) is 1. The van der Waals surface area contributed by atoms with Crippen molar-refractivity contribution >= 4 is 0 Å². The monoisotopic (exact) mass is 238 g/mol. The molecule has 0 spiro atoms. The molecular weight excluding hydrogens is 216 g/mol. The predicted molar refractivity (Wildman–Crippen MR) is 65.6 cm³/mol. The molecule has 0 aliphatic heterocycles. The van der Waals surface area contributed by atoms with Crippen LogP contribution in [0.15, 0.2) is 4.52 Å². The molecule has 96 valence electrons. The molecule has 0 aromatic carbocycles. The molecule has 1 unspecified atom stereocenters. The lowest BCUT2D eigenvalue weighted by Gasteiger charge is -2.18. The summed E-state index contributed by atoms with van der Waals surface area (Å²) in [6.45, 7) is 5.25. The molecule has 2 rings (SSSR count). The van der Waals surface area contributed by atoms with Crippen LogP contribution < -0.4 is 5.32 Å². The Kier molecular flexibility index (Phi) is 4.18. The molecule has 4 heteroatoms. The molecule has 4 nitrogen and oxygen atoms in total. The molecule has 1 aromatic rings. The van der Waals surface area contributed by atoms with Gasteiger partial charge < -0.3 is 14.9 Å². The van der Waals surface area contributed by atoms with Gasteiger partial charge in [-0.3, -0.25) is 0 Å². The Morgan fingerprint density at radius 3 is 2.71 bits per heavy atom. The van der Waals surface area contributed by atoms with E-state index in [2.05, 4.69) is 10.5 Å². The van der Waals surface area contributed by atoms with Crippen molar-refractivity contribution < 1.29 is 9.63 Å². The van der Waals surface area contributed by atoms with Gasteiger partial charge in [-0.1, -0.05) is 18.0 Å². The normalized spacial score (nSPS) is 18.8. The van der Waals surface area contributed by atoms with Crippen molar-refractivity contribution in [3.63, 3.8) is 0 Å². The van der Waals surface area contributed by atoms with Gasteiger partial charge in [0.25, 0.3) is 0 Å². The first-order valence-electron chi connectivity index (χ1n) is 6.49. The molecule has 1 heterocycles. The number of aliphatic hydroxyl groups excluding tert-OH is 1. The number of nitrogens with one attached hydrogen (secondary N) is 1. The minimum atomic E-state index is -0.210. The van der Waals surface area contributed by atoms with Gasteiger partial charge in [0.1, 0.15) is 5.76 Å². The topological polar surface area (TPSA) is 58.3 Å². The van der Waals surface area contributed by atoms with E-state index in [1.54, 1.807) is 0 Å². The zero-order valence-electron chi connectivity index (χ0n) is 10.7. The van der Waals surface area contributed by atoms with Gasteiger partial charge in [0, 0.05) is 18.7 Å². The molecule has 1 atom stereocenters. The molecular formula is C13H22N2O2. The maximum Gasteiger partial charge on any atom is 0.138 e. The van der Waals surface area contributed by atoms with Gasteiger partial charge in [-0.15, -0.1) is 0 Å². The highest BCUT2D eigenvalue weighted by Gasteiger charge is 2.22. The first kappa shape index (κ1) is 12.6. The first-order valence-corrected chi connectivity index (χ1v) is 6.49. The fourth-order valence-electron chi connectivity index (χ4n) is 2.61. The summed E-state index contributed by atoms with van der Waals surface area (Å²) in [6, 6.07) is 0. The van der Waals surface area contributed by atoms with E-state index < -0.39 is 0 Å². The molecule has 1 fully saturated rings. The lowest BCUT2D eigenvalue weighted by atomic mass is 10.0. The molecule has 1 aromatic heterocycles. The average Bonchev–Trinajstić information content (AvgIpc) is 2.93. The van der Waals surface area contributed by atoms with Gasteiger partial charge in [0.2, 0.25) is 0 Å². The molecule has 1 aliphatic rings. The molecule has 17 heavy (non-hydrogen) atoms. The van der Waals surface area contributed by atoms with Gasteiger partial charge in [-0.25, -0.2) is 0 Å². The van der Waals surface area contributed by atoms with Crippen LogP contribution in [0.5, 0.6) is 0 Å². The highest BCUT2D eigenvalue weighted by atomic mass is 16.5. The minimum Gasteiger partial charge on any atom is -0.392 e. The van der Waals surface area contributed by atoms with Crippen molar-refractivity contribution in [1.82, 2.24) is 10.5 Å². The zero-order valence-corrected chi connectivity index (χ0v) is 10.7. The molecule has 1 saturated carbocycles. The Morgan fingerprint density at radius 2 is 2.12 bits per heavy atom. The smallest absolute Gasteiger partial charge is 0.138 e. The number of aliphatic hydroxyl groups is 1. The molecule has 0 saturated heterocycles. The van der Waals surface area contributed by atoms with Crippen LogP contribution in [-0.2, 0) is 6.54 Å². The van der Waals surface area contributed by atoms with E-state index >= 15 is 0 Å². The first-order chi connectivity index (χ1) is 8.18. The molecule has 0 amide bonds. The van der Waals surface area contributed by atoms with E-state index in [-0.39, 0.29) is 6.10 Å². The van der Waals surface area contributed by atoms with Crippen molar-refractivity contribution in [3.05, 3.63) is 17.0 Å². The quantitative estimate of drug-likeness (QED) is 0.823. The summed E-state index contributed by atoms with van der Waals surface area (Å²) >= 11 is 0. The van der Waals surface area contributed by atoms with Gasteiger partial charge in [0.05, 0.1) is 11.8 Å². The highest BCUT2D eigenvalue weighted by molar-refractivity contribution is 5.20. The summed E-state index contributed by atoms with van der Waals surface area (Å²) in [5.41, 5.74) is 2.05. The summed E-state index contributed by atoms with van der Waals surface area (Å²) in [5, 5.41) is 17.2. The van der Waals surface area contributed by atoms with Crippen molar-refractivity contribution in [1.29, 1.82) is 0 Å². The van der Waals surface area contributed by atoms with Crippen molar-refractivity contribution in [2.24, 2.45) is 5.92 Å². The fourth-order valence-corrected chi connectivity index (χ4v) is 2.61. The lowest BCUT2D eigenvalue weighted by molar-refractivity contribution is 0.109. The number of aromatic nitrogens is 1. The van der Waals surface area contributed by atoms with Crippen molar-refractivity contribution in [2.45, 2.75) is 52.2 Å². The second-order valence-electron chi connectivity index (χ2n) is 5.05. The fraction of sp³-hybridized carbons (Fsp3) is 0.769. The number of hydrogen-bond acceptors (Lipinski definition) is 4. The second-order valence-corrected chi connectivity index (χ2v) is 5.05. The van der Waals surface area contributed by atoms with E-state index in [0.717, 1.165) is 23.6 Å². The Balaban J connectivity index is 1.75. The SMILES string of the molecule is Cc1noc(C)c1CNCC(O)C1CCCC1. The average molecular weight is 238 g/mol. The standard InChI is InChI=1S/C13H22N2O2/c1-9-12(10(2)17-15-9)7-14-8-13(16)11-5-3-4-6-11/h11,13-14,16H,3-8H2,1-2H3. The van der Waals surface area contributed by atoms with E-state index in [1.165, 1.54) is 25.7 Å². The van der Waals surface area contributed by atoms with Gasteiger partial charge in [-0.05, 0) is 32.6 Å². The summed E-state index contributed by atoms with van der Waals surface area (Å²) in [7, 11) is 0. The maximum absolute atomic E-state index is 10.0. The van der Waals surface area contributed by atoms with E-state index in [0.29, 0.717) is 12.5 Å². The van der Waals surface area contributed by atoms with Crippen LogP contribution in [0.25, 0.3) is 0 Å². The molecule has 0 radical (unpaired) electrons. The number of rotatable bonds is 5. The Morgan fingerprint density at radius 1 is 1.41 bits per heavy atom. The van der Waals surface area contributed by atoms with E-state index in [9.17, 15) is 5.11 Å². The van der Waals surface area contributed by atoms with Crippen LogP contribution in [0.2, 0.25) is 0 Å². The Hall–Kier alpha value is -0.870. The number of aryl methyl sites for hydroxylation is 2. The predicted octanol–water partition coefficient (Wildman–Crippen LogP) is 1.93. The van der Waals surface area contributed by atoms with Crippen molar-refractivity contribution in [3.8, 4) is 0 Å². The van der Waals surface area contributed by atoms with Crippen LogP contribution in [0.4, 0.5) is 0 Å². The maximum atomic E-state index is 10.0. The van der Waals surface area contributed by atoms with Crippen LogP contribution in [0, 0.1) is 19.8 Å². The minimum absolute atomic E-state index is 0.210. The summed E-state index contributed by atoms with van der Waals surface area (Å²) in [4.78, 5) is 0. The molecule has 1 aliphatic carbocycles. The third-order valence-corrected chi connectivity index (χ3v) is 3.78. The summed E-state index contributed by atoms with van der Waals surface area (Å²) in [6.07, 6.45) is 4.68. The van der Waals surface area contributed by atoms with E-state index in [1.807, 2.05) is 13.8 Å². The third kappa shape index (κ3) is 3.07. The Labute approximate surface area is 102 Å². The zero-order chi connectivity index (χ0) is 12.3. The summed E-state index contributed by atoms with van der Waals surface area (Å²) in [5.74, 6) is 1.36. The molecule has 0 bridgehead atoms. The number of hydrogen-bond donors (Lipinski definition) is 2. The second kappa shape index (κ2) is 5.65. The largest absolute Gasteiger partial charge is 0.392 e. The van der Waals surface area contributed by atoms with E-state index in [4.69, 9.17) is 4.52 Å². The third-order valence-electron chi connectivity index (χ3n) is 3.78.